The quantitative estimate of drug-likeness (QED) is 0.546. The monoisotopic (exact) mass is 383 g/mol. The molecule has 0 aliphatic carbocycles. The lowest BCUT2D eigenvalue weighted by Crippen LogP contribution is -2.14. The predicted molar refractivity (Wildman–Crippen MR) is 101 cm³/mol. The van der Waals surface area contributed by atoms with Crippen molar-refractivity contribution in [2.45, 2.75) is 4.21 Å². The zero-order valence-corrected chi connectivity index (χ0v) is 15.0. The lowest BCUT2D eigenvalue weighted by Gasteiger charge is -2.06. The molecule has 0 spiro atoms. The van der Waals surface area contributed by atoms with Gasteiger partial charge >= 0.3 is 0 Å². The van der Waals surface area contributed by atoms with Crippen LogP contribution in [0.15, 0.2) is 70.3 Å². The molecule has 6 nitrogen and oxygen atoms in total. The lowest BCUT2D eigenvalue weighted by atomic mass is 10.0. The van der Waals surface area contributed by atoms with Crippen molar-refractivity contribution in [3.05, 3.63) is 77.2 Å². The first-order valence-electron chi connectivity index (χ1n) is 7.65. The summed E-state index contributed by atoms with van der Waals surface area (Å²) in [4.78, 5) is 16.7. The van der Waals surface area contributed by atoms with Gasteiger partial charge in [-0.15, -0.1) is 11.3 Å². The molecule has 0 amide bonds. The summed E-state index contributed by atoms with van der Waals surface area (Å²) in [6, 6.07) is 16.7. The number of anilines is 1. The Morgan fingerprint density at radius 1 is 1.00 bits per heavy atom. The number of hydrogen-bond donors (Lipinski definition) is 1. The molecule has 4 aromatic rings. The molecule has 130 valence electrons. The number of benzene rings is 2. The van der Waals surface area contributed by atoms with Crippen molar-refractivity contribution in [2.24, 2.45) is 0 Å². The fraction of sp³-hybridized carbons (Fsp3) is 0. The molecule has 2 heterocycles. The van der Waals surface area contributed by atoms with Crippen molar-refractivity contribution in [3.63, 3.8) is 0 Å². The number of nitrogens with zero attached hydrogens (tertiary/aromatic N) is 2. The second-order valence-corrected chi connectivity index (χ2v) is 8.53. The number of rotatable bonds is 4. The molecule has 2 aromatic carbocycles. The second-order valence-electron chi connectivity index (χ2n) is 5.57. The van der Waals surface area contributed by atoms with Gasteiger partial charge in [-0.3, -0.25) is 4.79 Å². The fourth-order valence-electron chi connectivity index (χ4n) is 2.73. The minimum absolute atomic E-state index is 0.141. The van der Waals surface area contributed by atoms with Crippen LogP contribution < -0.4 is 5.73 Å². The highest BCUT2D eigenvalue weighted by Crippen LogP contribution is 2.28. The fourth-order valence-corrected chi connectivity index (χ4v) is 5.18. The predicted octanol–water partition coefficient (Wildman–Crippen LogP) is 3.15. The molecule has 0 aliphatic heterocycles. The van der Waals surface area contributed by atoms with E-state index in [2.05, 4.69) is 4.98 Å². The Labute approximate surface area is 153 Å². The summed E-state index contributed by atoms with van der Waals surface area (Å²) in [5.41, 5.74) is 7.53. The van der Waals surface area contributed by atoms with E-state index in [1.165, 1.54) is 6.07 Å². The van der Waals surface area contributed by atoms with Gasteiger partial charge in [0.1, 0.15) is 4.21 Å². The van der Waals surface area contributed by atoms with E-state index >= 15 is 0 Å². The van der Waals surface area contributed by atoms with Crippen molar-refractivity contribution < 1.29 is 13.2 Å². The summed E-state index contributed by atoms with van der Waals surface area (Å²) in [7, 11) is -3.83. The van der Waals surface area contributed by atoms with Gasteiger partial charge in [-0.05, 0) is 29.6 Å². The SMILES string of the molecule is Nc1nc2cc(C(=O)c3ccccc3)ccc2n1S(=O)(=O)c1cccs1. The first kappa shape index (κ1) is 16.5. The van der Waals surface area contributed by atoms with Crippen LogP contribution in [0.1, 0.15) is 15.9 Å². The summed E-state index contributed by atoms with van der Waals surface area (Å²) in [5.74, 6) is -0.306. The first-order valence-corrected chi connectivity index (χ1v) is 9.97. The first-order chi connectivity index (χ1) is 12.5. The maximum absolute atomic E-state index is 12.8. The highest BCUT2D eigenvalue weighted by Gasteiger charge is 2.24. The summed E-state index contributed by atoms with van der Waals surface area (Å²) in [5, 5.41) is 1.68. The van der Waals surface area contributed by atoms with Crippen molar-refractivity contribution in [3.8, 4) is 0 Å². The molecule has 8 heteroatoms. The third-order valence-electron chi connectivity index (χ3n) is 3.93. The van der Waals surface area contributed by atoms with Crippen LogP contribution in [0.4, 0.5) is 5.95 Å². The number of ketones is 1. The average Bonchev–Trinajstić information content (AvgIpc) is 3.28. The average molecular weight is 383 g/mol. The van der Waals surface area contributed by atoms with E-state index in [1.54, 1.807) is 53.9 Å². The lowest BCUT2D eigenvalue weighted by molar-refractivity contribution is 0.103. The van der Waals surface area contributed by atoms with Crippen LogP contribution >= 0.6 is 11.3 Å². The maximum Gasteiger partial charge on any atom is 0.280 e. The Bertz CT molecular complexity index is 1210. The van der Waals surface area contributed by atoms with Crippen LogP contribution in [-0.2, 0) is 10.0 Å². The number of aromatic nitrogens is 2. The Balaban J connectivity index is 1.84. The smallest absolute Gasteiger partial charge is 0.280 e. The third kappa shape index (κ3) is 2.59. The van der Waals surface area contributed by atoms with Gasteiger partial charge in [0.05, 0.1) is 11.0 Å². The molecule has 0 saturated carbocycles. The summed E-state index contributed by atoms with van der Waals surface area (Å²) in [6.45, 7) is 0. The van der Waals surface area contributed by atoms with Crippen LogP contribution in [0.25, 0.3) is 11.0 Å². The van der Waals surface area contributed by atoms with Gasteiger partial charge in [0.2, 0.25) is 5.95 Å². The molecule has 0 bridgehead atoms. The molecule has 0 saturated heterocycles. The van der Waals surface area contributed by atoms with Crippen molar-refractivity contribution in [2.75, 3.05) is 5.73 Å². The maximum atomic E-state index is 12.8. The van der Waals surface area contributed by atoms with E-state index < -0.39 is 10.0 Å². The van der Waals surface area contributed by atoms with Crippen LogP contribution in [0, 0.1) is 0 Å². The second kappa shape index (κ2) is 6.08. The van der Waals surface area contributed by atoms with Gasteiger partial charge in [0.25, 0.3) is 10.0 Å². The molecular formula is C18H13N3O3S2. The highest BCUT2D eigenvalue weighted by atomic mass is 32.2. The summed E-state index contributed by atoms with van der Waals surface area (Å²) < 4.78 is 26.8. The molecule has 0 radical (unpaired) electrons. The minimum atomic E-state index is -3.83. The van der Waals surface area contributed by atoms with Gasteiger partial charge in [0.15, 0.2) is 5.78 Å². The molecule has 4 rings (SSSR count). The summed E-state index contributed by atoms with van der Waals surface area (Å²) >= 11 is 1.10. The molecule has 0 fully saturated rings. The van der Waals surface area contributed by atoms with Gasteiger partial charge in [0, 0.05) is 11.1 Å². The van der Waals surface area contributed by atoms with Crippen molar-refractivity contribution in [1.82, 2.24) is 8.96 Å². The molecule has 26 heavy (non-hydrogen) atoms. The largest absolute Gasteiger partial charge is 0.368 e. The van der Waals surface area contributed by atoms with Gasteiger partial charge in [-0.25, -0.2) is 8.96 Å². The van der Waals surface area contributed by atoms with E-state index in [0.717, 1.165) is 15.3 Å². The van der Waals surface area contributed by atoms with E-state index in [4.69, 9.17) is 5.73 Å². The number of imidazole rings is 1. The number of carbonyl (C=O) groups is 1. The van der Waals surface area contributed by atoms with Crippen LogP contribution in [0.2, 0.25) is 0 Å². The Kier molecular flexibility index (Phi) is 3.86. The standard InChI is InChI=1S/C18H13N3O3S2/c19-18-20-14-11-13(17(22)12-5-2-1-3-6-12)8-9-15(14)21(18)26(23,24)16-7-4-10-25-16/h1-11H,(H2,19,20). The highest BCUT2D eigenvalue weighted by molar-refractivity contribution is 7.92. The Morgan fingerprint density at radius 2 is 1.77 bits per heavy atom. The van der Waals surface area contributed by atoms with Gasteiger partial charge in [-0.2, -0.15) is 8.42 Å². The normalized spacial score (nSPS) is 11.7. The number of nitrogen functional groups attached to an aromatic ring is 1. The Hall–Kier alpha value is -2.97. The molecule has 2 aromatic heterocycles. The topological polar surface area (TPSA) is 95.0 Å². The van der Waals surface area contributed by atoms with Crippen LogP contribution in [-0.4, -0.2) is 23.2 Å². The van der Waals surface area contributed by atoms with Crippen molar-refractivity contribution in [1.29, 1.82) is 0 Å². The number of hydrogen-bond acceptors (Lipinski definition) is 6. The summed E-state index contributed by atoms with van der Waals surface area (Å²) in [6.07, 6.45) is 0. The zero-order chi connectivity index (χ0) is 18.3. The van der Waals surface area contributed by atoms with Crippen LogP contribution in [0.5, 0.6) is 0 Å². The molecule has 0 atom stereocenters. The van der Waals surface area contributed by atoms with Gasteiger partial charge in [-0.1, -0.05) is 36.4 Å². The minimum Gasteiger partial charge on any atom is -0.368 e. The van der Waals surface area contributed by atoms with E-state index in [9.17, 15) is 13.2 Å². The molecule has 2 N–H and O–H groups in total. The Morgan fingerprint density at radius 3 is 2.46 bits per heavy atom. The number of fused-ring (bicyclic) bond motifs is 1. The molecule has 0 aliphatic rings. The number of nitrogens with two attached hydrogens (primary N) is 1. The third-order valence-corrected chi connectivity index (χ3v) is 7.02. The van der Waals surface area contributed by atoms with E-state index in [1.807, 2.05) is 6.07 Å². The number of thiophene rings is 1. The molecule has 0 unspecified atom stereocenters. The van der Waals surface area contributed by atoms with Crippen LogP contribution in [0.3, 0.4) is 0 Å². The zero-order valence-electron chi connectivity index (χ0n) is 13.4. The number of carbonyl (C=O) groups excluding carboxylic acids is 1. The van der Waals surface area contributed by atoms with E-state index in [-0.39, 0.29) is 15.9 Å². The van der Waals surface area contributed by atoms with Gasteiger partial charge < -0.3 is 5.73 Å². The molecular weight excluding hydrogens is 370 g/mol. The van der Waals surface area contributed by atoms with Crippen molar-refractivity contribution >= 4 is 44.1 Å². The van der Waals surface area contributed by atoms with E-state index in [0.29, 0.717) is 22.2 Å².